The van der Waals surface area contributed by atoms with Crippen LogP contribution in [0.2, 0.25) is 0 Å². The maximum atomic E-state index is 14.5. The van der Waals surface area contributed by atoms with Gasteiger partial charge < -0.3 is 37.4 Å². The van der Waals surface area contributed by atoms with E-state index in [2.05, 4.69) is 0 Å². The van der Waals surface area contributed by atoms with Crippen molar-refractivity contribution in [2.75, 3.05) is 32.9 Å². The molecule has 2 heterocycles. The normalized spacial score (nSPS) is 17.3. The Hall–Kier alpha value is -6.46. The standard InChI is InChI=1S/C43H50N5O18PS/c1-5-63-67(64-6-2,65-7-3)40(41(51)60-25-29-10-16-32(17-11-29)46(54)55)45-36(38(39(45)50)28(4)66-43(53)62-27-31-14-20-34(21-15-31)48(58)59)23-37(49)68-35-9-8-22-44(24-35)42(52)61-26-30-12-18-33(19-13-30)47(56)57/h10-21,28,35-36,38H,5-9,22-27H2,1-4H3. The van der Waals surface area contributed by atoms with Crippen LogP contribution in [0, 0.1) is 36.3 Å². The minimum atomic E-state index is -4.00. The first kappa shape index (κ1) is 52.5. The fourth-order valence-electron chi connectivity index (χ4n) is 7.31. The summed E-state index contributed by atoms with van der Waals surface area (Å²) in [6.45, 7) is 5.62. The maximum Gasteiger partial charge on any atom is 0.508 e. The summed E-state index contributed by atoms with van der Waals surface area (Å²) < 4.78 is 40.2. The van der Waals surface area contributed by atoms with Gasteiger partial charge >= 0.3 is 18.2 Å². The molecule has 3 aromatic carbocycles. The number of ether oxygens (including phenoxy) is 4. The predicted molar refractivity (Wildman–Crippen MR) is 243 cm³/mol. The van der Waals surface area contributed by atoms with Crippen molar-refractivity contribution in [3.63, 3.8) is 0 Å². The topological polar surface area (TPSA) is 286 Å². The van der Waals surface area contributed by atoms with Crippen LogP contribution in [-0.4, -0.2) is 110 Å². The number of likely N-dealkylation sites (tertiary alicyclic amines) is 2. The third kappa shape index (κ3) is 13.6. The van der Waals surface area contributed by atoms with E-state index in [4.69, 9.17) is 32.5 Å². The summed E-state index contributed by atoms with van der Waals surface area (Å²) in [6, 6.07) is 14.8. The van der Waals surface area contributed by atoms with Crippen LogP contribution < -0.4 is 0 Å². The molecule has 2 amide bonds. The molecule has 5 rings (SSSR count). The highest BCUT2D eigenvalue weighted by Gasteiger charge is 2.57. The second kappa shape index (κ2) is 24.5. The number of nitro benzene ring substituents is 3. The van der Waals surface area contributed by atoms with Gasteiger partial charge in [-0.15, -0.1) is 0 Å². The van der Waals surface area contributed by atoms with Crippen LogP contribution in [0.25, 0.3) is 0 Å². The molecule has 0 radical (unpaired) electrons. The van der Waals surface area contributed by atoms with E-state index < -0.39 is 93.3 Å². The van der Waals surface area contributed by atoms with Gasteiger partial charge in [0.15, 0.2) is 5.12 Å². The number of benzene rings is 3. The van der Waals surface area contributed by atoms with E-state index in [1.807, 2.05) is 0 Å². The molecular formula is C43H50N5O18PS. The van der Waals surface area contributed by atoms with Crippen LogP contribution in [0.4, 0.5) is 26.7 Å². The predicted octanol–water partition coefficient (Wildman–Crippen LogP) is 7.48. The Bertz CT molecular complexity index is 2360. The summed E-state index contributed by atoms with van der Waals surface area (Å²) >= 11 is 0.924. The molecule has 25 heteroatoms. The first-order valence-electron chi connectivity index (χ1n) is 21.4. The number of hydrogen-bond donors (Lipinski definition) is 0. The van der Waals surface area contributed by atoms with Crippen molar-refractivity contribution >= 4 is 71.0 Å². The van der Waals surface area contributed by atoms with Crippen LogP contribution in [0.1, 0.15) is 63.6 Å². The van der Waals surface area contributed by atoms with Crippen molar-refractivity contribution in [3.8, 4) is 0 Å². The highest BCUT2D eigenvalue weighted by molar-refractivity contribution is 8.14. The van der Waals surface area contributed by atoms with E-state index in [0.29, 0.717) is 36.1 Å². The van der Waals surface area contributed by atoms with Gasteiger partial charge in [-0.1, -0.05) is 11.8 Å². The first-order chi connectivity index (χ1) is 32.5. The minimum absolute atomic E-state index is 0.0631. The summed E-state index contributed by atoms with van der Waals surface area (Å²) in [6.07, 6.45) is -2.49. The molecule has 3 aromatic rings. The average Bonchev–Trinajstić information content (AvgIpc) is 3.31. The number of esters is 1. The van der Waals surface area contributed by atoms with Gasteiger partial charge in [0.05, 0.1) is 46.6 Å². The average molecular weight is 988 g/mol. The molecule has 2 aliphatic heterocycles. The van der Waals surface area contributed by atoms with Gasteiger partial charge in [-0.3, -0.25) is 44.8 Å². The number of nitro groups is 3. The first-order valence-corrected chi connectivity index (χ1v) is 23.8. The largest absolute Gasteiger partial charge is 0.508 e. The van der Waals surface area contributed by atoms with Gasteiger partial charge in [-0.05, 0) is 93.6 Å². The minimum Gasteiger partial charge on any atom is -0.456 e. The van der Waals surface area contributed by atoms with E-state index in [1.54, 1.807) is 20.8 Å². The zero-order chi connectivity index (χ0) is 49.5. The van der Waals surface area contributed by atoms with Crippen LogP contribution >= 0.6 is 19.3 Å². The Morgan fingerprint density at radius 1 is 0.721 bits per heavy atom. The Labute approximate surface area is 393 Å². The third-order valence-corrected chi connectivity index (χ3v) is 14.3. The second-order valence-electron chi connectivity index (χ2n) is 15.0. The number of carbonyl (C=O) groups excluding carboxylic acids is 5. The van der Waals surface area contributed by atoms with E-state index in [-0.39, 0.29) is 56.6 Å². The monoisotopic (exact) mass is 987 g/mol. The fourth-order valence-corrected chi connectivity index (χ4v) is 10.9. The summed E-state index contributed by atoms with van der Waals surface area (Å²) in [5.74, 6) is -3.16. The number of β-lactam (4-membered cyclic amide) rings is 1. The smallest absolute Gasteiger partial charge is 0.456 e. The number of carbonyl (C=O) groups is 5. The van der Waals surface area contributed by atoms with Crippen LogP contribution in [0.15, 0.2) is 72.8 Å². The molecule has 0 saturated carbocycles. The number of piperidine rings is 1. The van der Waals surface area contributed by atoms with E-state index in [0.717, 1.165) is 16.7 Å². The molecular weight excluding hydrogens is 938 g/mol. The van der Waals surface area contributed by atoms with Crippen LogP contribution in [0.3, 0.4) is 0 Å². The fraction of sp³-hybridized carbons (Fsp3) is 0.442. The summed E-state index contributed by atoms with van der Waals surface area (Å²) in [4.78, 5) is 103. The molecule has 23 nitrogen and oxygen atoms in total. The zero-order valence-corrected chi connectivity index (χ0v) is 39.2. The second-order valence-corrected chi connectivity index (χ2v) is 18.6. The van der Waals surface area contributed by atoms with Crippen molar-refractivity contribution < 1.29 is 71.3 Å². The molecule has 4 atom stereocenters. The van der Waals surface area contributed by atoms with Gasteiger partial charge in [0.1, 0.15) is 25.9 Å². The maximum absolute atomic E-state index is 14.5. The van der Waals surface area contributed by atoms with Crippen LogP contribution in [-0.2, 0) is 66.7 Å². The Morgan fingerprint density at radius 2 is 1.18 bits per heavy atom. The van der Waals surface area contributed by atoms with Crippen molar-refractivity contribution in [1.29, 1.82) is 0 Å². The van der Waals surface area contributed by atoms with E-state index >= 15 is 0 Å². The van der Waals surface area contributed by atoms with Crippen molar-refractivity contribution in [2.24, 2.45) is 5.92 Å². The highest BCUT2D eigenvalue weighted by Crippen LogP contribution is 2.55. The molecule has 2 saturated heterocycles. The highest BCUT2D eigenvalue weighted by atomic mass is 32.2. The number of rotatable bonds is 22. The Morgan fingerprint density at radius 3 is 1.63 bits per heavy atom. The number of hydrogen-bond acceptors (Lipinski definition) is 19. The molecule has 2 aliphatic rings. The Balaban J connectivity index is 1.40. The van der Waals surface area contributed by atoms with Gasteiger partial charge in [0.2, 0.25) is 11.3 Å². The lowest BCUT2D eigenvalue weighted by Gasteiger charge is -2.49. The SMILES string of the molecule is CCOP(OCC)(OCC)=C(C(=O)OCc1ccc([N+](=O)[O-])cc1)N1C(=O)C(C(C)OC(=O)OCc2ccc([N+](=O)[O-])cc2)C1CC(=O)SC1CCCN(C(=O)OCc2ccc([N+](=O)[O-])cc2)C1. The lowest BCUT2D eigenvalue weighted by atomic mass is 9.81. The molecule has 68 heavy (non-hydrogen) atoms. The Kier molecular flexibility index (Phi) is 18.9. The molecule has 0 aliphatic carbocycles. The number of non-ortho nitro benzene ring substituents is 3. The van der Waals surface area contributed by atoms with E-state index in [9.17, 15) is 54.3 Å². The molecule has 0 N–H and O–H groups in total. The van der Waals surface area contributed by atoms with Crippen LogP contribution in [0.5, 0.6) is 0 Å². The lowest BCUT2D eigenvalue weighted by molar-refractivity contribution is -0.385. The molecule has 2 fully saturated rings. The molecule has 4 unspecified atom stereocenters. The molecule has 0 bridgehead atoms. The molecule has 0 aromatic heterocycles. The molecule has 0 spiro atoms. The lowest BCUT2D eigenvalue weighted by Crippen LogP contribution is -2.68. The summed E-state index contributed by atoms with van der Waals surface area (Å²) in [7, 11) is -4.00. The third-order valence-electron chi connectivity index (χ3n) is 10.5. The number of thioether (sulfide) groups is 1. The zero-order valence-electron chi connectivity index (χ0n) is 37.5. The number of nitrogens with zero attached hydrogens (tertiary/aromatic N) is 5. The quantitative estimate of drug-likeness (QED) is 0.0235. The van der Waals surface area contributed by atoms with E-state index in [1.165, 1.54) is 84.6 Å². The summed E-state index contributed by atoms with van der Waals surface area (Å²) in [5, 5.41) is 32.4. The molecule has 366 valence electrons. The van der Waals surface area contributed by atoms with Gasteiger partial charge in [-0.25, -0.2) is 14.4 Å². The van der Waals surface area contributed by atoms with Crippen molar-refractivity contribution in [1.82, 2.24) is 9.80 Å². The number of amides is 2. The van der Waals surface area contributed by atoms with Gasteiger partial charge in [0.25, 0.3) is 24.6 Å². The van der Waals surface area contributed by atoms with Crippen molar-refractivity contribution in [3.05, 3.63) is 120 Å². The van der Waals surface area contributed by atoms with Crippen molar-refractivity contribution in [2.45, 2.75) is 84.2 Å². The van der Waals surface area contributed by atoms with Gasteiger partial charge in [-0.2, -0.15) is 0 Å². The van der Waals surface area contributed by atoms with Gasteiger partial charge in [0, 0.05) is 61.2 Å². The summed E-state index contributed by atoms with van der Waals surface area (Å²) in [5.41, 5.74) is 0.335.